The van der Waals surface area contributed by atoms with E-state index in [2.05, 4.69) is 52.0 Å². The molecule has 0 bridgehead atoms. The van der Waals surface area contributed by atoms with E-state index < -0.39 is 9.84 Å². The Labute approximate surface area is 175 Å². The largest absolute Gasteiger partial charge is 0.292 e. The first-order chi connectivity index (χ1) is 14.5. The van der Waals surface area contributed by atoms with E-state index >= 15 is 0 Å². The van der Waals surface area contributed by atoms with Gasteiger partial charge in [-0.25, -0.2) is 13.4 Å². The van der Waals surface area contributed by atoms with Gasteiger partial charge in [-0.15, -0.1) is 0 Å². The van der Waals surface area contributed by atoms with Crippen LogP contribution in [0.2, 0.25) is 0 Å². The van der Waals surface area contributed by atoms with Crippen molar-refractivity contribution in [2.75, 3.05) is 6.26 Å². The molecule has 5 rings (SSSR count). The number of rotatable bonds is 4. The maximum absolute atomic E-state index is 11.8. The Morgan fingerprint density at radius 2 is 1.67 bits per heavy atom. The van der Waals surface area contributed by atoms with Crippen LogP contribution in [0.4, 0.5) is 0 Å². The highest BCUT2D eigenvalue weighted by Crippen LogP contribution is 2.30. The Balaban J connectivity index is 1.64. The van der Waals surface area contributed by atoms with Crippen LogP contribution in [0.1, 0.15) is 12.0 Å². The van der Waals surface area contributed by atoms with Crippen molar-refractivity contribution < 1.29 is 8.42 Å². The molecular formula is C24H19N3O2S. The van der Waals surface area contributed by atoms with E-state index in [4.69, 9.17) is 4.98 Å². The van der Waals surface area contributed by atoms with Crippen LogP contribution in [0.25, 0.3) is 33.7 Å². The summed E-state index contributed by atoms with van der Waals surface area (Å²) in [5.41, 5.74) is 6.06. The summed E-state index contributed by atoms with van der Waals surface area (Å²) < 4.78 is 25.7. The van der Waals surface area contributed by atoms with Gasteiger partial charge >= 0.3 is 0 Å². The van der Waals surface area contributed by atoms with Gasteiger partial charge in [-0.2, -0.15) is 0 Å². The molecule has 1 aliphatic rings. The molecule has 0 saturated heterocycles. The van der Waals surface area contributed by atoms with E-state index in [0.29, 0.717) is 4.90 Å². The Kier molecular flexibility index (Phi) is 4.37. The molecule has 30 heavy (non-hydrogen) atoms. The lowest BCUT2D eigenvalue weighted by molar-refractivity contribution is 0.602. The van der Waals surface area contributed by atoms with Crippen molar-refractivity contribution >= 4 is 26.4 Å². The lowest BCUT2D eigenvalue weighted by Gasteiger charge is -2.11. The van der Waals surface area contributed by atoms with Crippen LogP contribution in [-0.4, -0.2) is 29.2 Å². The van der Waals surface area contributed by atoms with Gasteiger partial charge < -0.3 is 0 Å². The monoisotopic (exact) mass is 413 g/mol. The molecular weight excluding hydrogens is 394 g/mol. The van der Waals surface area contributed by atoms with Crippen molar-refractivity contribution in [2.45, 2.75) is 11.3 Å². The zero-order chi connectivity index (χ0) is 20.7. The van der Waals surface area contributed by atoms with Crippen molar-refractivity contribution in [3.8, 4) is 17.1 Å². The molecule has 1 aliphatic carbocycles. The Hall–Kier alpha value is -3.51. The summed E-state index contributed by atoms with van der Waals surface area (Å²) in [5.74, 6) is 0.743. The molecule has 0 aliphatic heterocycles. The first-order valence-corrected chi connectivity index (χ1v) is 11.5. The number of hydrogen-bond acceptors (Lipinski definition) is 4. The topological polar surface area (TPSA) is 64.8 Å². The highest BCUT2D eigenvalue weighted by molar-refractivity contribution is 7.90. The third kappa shape index (κ3) is 3.25. The van der Waals surface area contributed by atoms with Gasteiger partial charge in [-0.05, 0) is 60.0 Å². The number of sulfone groups is 1. The smallest absolute Gasteiger partial charge is 0.175 e. The molecule has 2 heterocycles. The Bertz CT molecular complexity index is 1410. The highest BCUT2D eigenvalue weighted by Gasteiger charge is 2.16. The molecule has 0 amide bonds. The van der Waals surface area contributed by atoms with Crippen molar-refractivity contribution in [1.82, 2.24) is 14.5 Å². The average molecular weight is 414 g/mol. The fourth-order valence-corrected chi connectivity index (χ4v) is 4.35. The lowest BCUT2D eigenvalue weighted by atomic mass is 10.0. The van der Waals surface area contributed by atoms with Crippen LogP contribution in [0, 0.1) is 0 Å². The number of pyridine rings is 1. The summed E-state index contributed by atoms with van der Waals surface area (Å²) in [7, 11) is -3.25. The zero-order valence-corrected chi connectivity index (χ0v) is 17.2. The van der Waals surface area contributed by atoms with E-state index in [9.17, 15) is 8.42 Å². The van der Waals surface area contributed by atoms with Gasteiger partial charge in [0.25, 0.3) is 0 Å². The third-order valence-electron chi connectivity index (χ3n) is 5.27. The lowest BCUT2D eigenvalue weighted by Crippen LogP contribution is -1.99. The quantitative estimate of drug-likeness (QED) is 0.480. The maximum atomic E-state index is 11.8. The molecule has 2 aromatic heterocycles. The second-order valence-electron chi connectivity index (χ2n) is 7.30. The fraction of sp³-hybridized carbons (Fsp3) is 0.0833. The van der Waals surface area contributed by atoms with Crippen LogP contribution < -0.4 is 0 Å². The first kappa shape index (κ1) is 18.5. The second kappa shape index (κ2) is 7.07. The minimum Gasteiger partial charge on any atom is -0.292 e. The number of aromatic nitrogens is 3. The van der Waals surface area contributed by atoms with Crippen LogP contribution in [0.5, 0.6) is 0 Å². The zero-order valence-electron chi connectivity index (χ0n) is 16.4. The molecule has 0 N–H and O–H groups in total. The minimum absolute atomic E-state index is 0.290. The molecule has 0 saturated carbocycles. The maximum Gasteiger partial charge on any atom is 0.175 e. The van der Waals surface area contributed by atoms with Crippen LogP contribution in [0.3, 0.4) is 0 Å². The molecule has 5 nitrogen and oxygen atoms in total. The first-order valence-electron chi connectivity index (χ1n) is 9.60. The van der Waals surface area contributed by atoms with E-state index in [-0.39, 0.29) is 0 Å². The van der Waals surface area contributed by atoms with Crippen LogP contribution in [-0.2, 0) is 9.84 Å². The van der Waals surface area contributed by atoms with Gasteiger partial charge in [0.05, 0.1) is 16.6 Å². The minimum atomic E-state index is -3.25. The standard InChI is InChI=1S/C24H19N3O2S/c1-30(28,29)21-12-8-19(9-13-21)24-26-22-16-25-15-14-23(22)27(24)20-10-6-18(7-11-20)17-4-2-3-5-17/h2-4,6-16H,5H2,1H3. The molecule has 6 heteroatoms. The number of fused-ring (bicyclic) bond motifs is 1. The highest BCUT2D eigenvalue weighted by atomic mass is 32.2. The van der Waals surface area contributed by atoms with Gasteiger partial charge in [-0.3, -0.25) is 9.55 Å². The van der Waals surface area contributed by atoms with Crippen molar-refractivity contribution in [3.63, 3.8) is 0 Å². The predicted octanol–water partition coefficient (Wildman–Crippen LogP) is 4.83. The molecule has 0 atom stereocenters. The summed E-state index contributed by atoms with van der Waals surface area (Å²) >= 11 is 0. The molecule has 0 fully saturated rings. The van der Waals surface area contributed by atoms with Gasteiger partial charge in [0.2, 0.25) is 0 Å². The Morgan fingerprint density at radius 3 is 2.33 bits per heavy atom. The number of hydrogen-bond donors (Lipinski definition) is 0. The summed E-state index contributed by atoms with van der Waals surface area (Å²) in [6, 6.07) is 17.2. The van der Waals surface area contributed by atoms with Crippen molar-refractivity contribution in [2.24, 2.45) is 0 Å². The van der Waals surface area contributed by atoms with Gasteiger partial charge in [0.15, 0.2) is 9.84 Å². The van der Waals surface area contributed by atoms with Crippen molar-refractivity contribution in [1.29, 1.82) is 0 Å². The van der Waals surface area contributed by atoms with E-state index in [1.54, 1.807) is 36.7 Å². The van der Waals surface area contributed by atoms with Crippen molar-refractivity contribution in [3.05, 3.63) is 90.8 Å². The third-order valence-corrected chi connectivity index (χ3v) is 6.39. The molecule has 4 aromatic rings. The molecule has 0 unspecified atom stereocenters. The van der Waals surface area contributed by atoms with E-state index in [1.807, 2.05) is 6.07 Å². The number of nitrogens with zero attached hydrogens (tertiary/aromatic N) is 3. The summed E-state index contributed by atoms with van der Waals surface area (Å²) in [6.07, 6.45) is 12.0. The van der Waals surface area contributed by atoms with E-state index in [1.165, 1.54) is 17.4 Å². The SMILES string of the molecule is CS(=O)(=O)c1ccc(-c2nc3cnccc3n2-c2ccc(C3=CC=CC3)cc2)cc1. The summed E-state index contributed by atoms with van der Waals surface area (Å²) in [6.45, 7) is 0. The predicted molar refractivity (Wildman–Crippen MR) is 119 cm³/mol. The second-order valence-corrected chi connectivity index (χ2v) is 9.32. The summed E-state index contributed by atoms with van der Waals surface area (Å²) in [5, 5.41) is 0. The normalized spacial score (nSPS) is 13.7. The molecule has 2 aromatic carbocycles. The van der Waals surface area contributed by atoms with E-state index in [0.717, 1.165) is 34.5 Å². The average Bonchev–Trinajstić information content (AvgIpc) is 3.41. The Morgan fingerprint density at radius 1 is 0.933 bits per heavy atom. The molecule has 0 radical (unpaired) electrons. The van der Waals surface area contributed by atoms with Crippen LogP contribution in [0.15, 0.2) is 90.1 Å². The number of allylic oxidation sites excluding steroid dienone is 4. The van der Waals surface area contributed by atoms with Gasteiger partial charge in [-0.1, -0.05) is 30.4 Å². The fourth-order valence-electron chi connectivity index (χ4n) is 3.72. The molecule has 0 spiro atoms. The number of benzene rings is 2. The van der Waals surface area contributed by atoms with Crippen LogP contribution >= 0.6 is 0 Å². The van der Waals surface area contributed by atoms with Gasteiger partial charge in [0.1, 0.15) is 11.3 Å². The molecule has 148 valence electrons. The number of imidazole rings is 1. The van der Waals surface area contributed by atoms with Gasteiger partial charge in [0, 0.05) is 23.7 Å². The summed E-state index contributed by atoms with van der Waals surface area (Å²) in [4.78, 5) is 9.27.